The van der Waals surface area contributed by atoms with Crippen LogP contribution in [-0.4, -0.2) is 35.9 Å². The predicted octanol–water partition coefficient (Wildman–Crippen LogP) is 3.82. The number of benzene rings is 2. The fraction of sp³-hybridized carbons (Fsp3) is 0.261. The maximum absolute atomic E-state index is 13.1. The van der Waals surface area contributed by atoms with Gasteiger partial charge in [0.1, 0.15) is 5.57 Å². The second kappa shape index (κ2) is 8.58. The predicted molar refractivity (Wildman–Crippen MR) is 125 cm³/mol. The second-order valence-electron chi connectivity index (χ2n) is 7.46. The number of aryl methyl sites for hydroxylation is 1. The van der Waals surface area contributed by atoms with Crippen molar-refractivity contribution >= 4 is 58.2 Å². The molecule has 1 N–H and O–H groups in total. The number of amides is 2. The zero-order chi connectivity index (χ0) is 21.3. The van der Waals surface area contributed by atoms with Gasteiger partial charge in [-0.15, -0.1) is 11.6 Å². The summed E-state index contributed by atoms with van der Waals surface area (Å²) in [6.07, 6.45) is 3.52. The molecule has 7 heteroatoms. The standard InChI is InChI=1S/C23H22ClN3O2S/c1-15-3-6-18(7-4-15)27-22(29)19(21(28)25-23(27)30)14-16-5-8-20-17(13-16)9-12-26(20)11-2-10-24/h3-8,13-14H,2,9-12H2,1H3,(H,25,28,30)/b19-14+. The van der Waals surface area contributed by atoms with Crippen molar-refractivity contribution in [1.29, 1.82) is 0 Å². The molecule has 30 heavy (non-hydrogen) atoms. The Morgan fingerprint density at radius 3 is 2.67 bits per heavy atom. The topological polar surface area (TPSA) is 52.7 Å². The van der Waals surface area contributed by atoms with Crippen molar-refractivity contribution in [3.8, 4) is 0 Å². The zero-order valence-corrected chi connectivity index (χ0v) is 18.2. The van der Waals surface area contributed by atoms with Crippen molar-refractivity contribution in [2.75, 3.05) is 28.8 Å². The van der Waals surface area contributed by atoms with Gasteiger partial charge in [-0.2, -0.15) is 0 Å². The van der Waals surface area contributed by atoms with Gasteiger partial charge in [0.15, 0.2) is 5.11 Å². The van der Waals surface area contributed by atoms with Crippen LogP contribution < -0.4 is 15.1 Å². The van der Waals surface area contributed by atoms with Gasteiger partial charge in [-0.3, -0.25) is 19.8 Å². The van der Waals surface area contributed by atoms with Crippen LogP contribution in [0.15, 0.2) is 48.0 Å². The molecular weight excluding hydrogens is 418 g/mol. The molecule has 0 spiro atoms. The van der Waals surface area contributed by atoms with E-state index in [-0.39, 0.29) is 10.7 Å². The number of thiocarbonyl (C=S) groups is 1. The van der Waals surface area contributed by atoms with E-state index in [9.17, 15) is 9.59 Å². The van der Waals surface area contributed by atoms with Crippen molar-refractivity contribution in [1.82, 2.24) is 5.32 Å². The van der Waals surface area contributed by atoms with E-state index < -0.39 is 11.8 Å². The summed E-state index contributed by atoms with van der Waals surface area (Å²) in [4.78, 5) is 29.3. The van der Waals surface area contributed by atoms with Crippen molar-refractivity contribution in [3.05, 3.63) is 64.7 Å². The average Bonchev–Trinajstić information content (AvgIpc) is 3.13. The van der Waals surface area contributed by atoms with Crippen molar-refractivity contribution in [3.63, 3.8) is 0 Å². The number of rotatable bonds is 5. The third-order valence-corrected chi connectivity index (χ3v) is 5.91. The Morgan fingerprint density at radius 2 is 1.93 bits per heavy atom. The quantitative estimate of drug-likeness (QED) is 0.333. The molecule has 0 radical (unpaired) electrons. The van der Waals surface area contributed by atoms with Crippen LogP contribution >= 0.6 is 23.8 Å². The fourth-order valence-corrected chi connectivity index (χ4v) is 4.22. The molecule has 0 atom stereocenters. The number of alkyl halides is 1. The number of halogens is 1. The summed E-state index contributed by atoms with van der Waals surface area (Å²) in [5.41, 5.74) is 5.01. The van der Waals surface area contributed by atoms with Gasteiger partial charge in [0.25, 0.3) is 11.8 Å². The number of fused-ring (bicyclic) bond motifs is 1. The first-order valence-electron chi connectivity index (χ1n) is 9.90. The van der Waals surface area contributed by atoms with E-state index in [2.05, 4.69) is 16.3 Å². The summed E-state index contributed by atoms with van der Waals surface area (Å²) in [5.74, 6) is -0.249. The van der Waals surface area contributed by atoms with Gasteiger partial charge in [-0.25, -0.2) is 0 Å². The molecule has 2 aromatic carbocycles. The van der Waals surface area contributed by atoms with E-state index >= 15 is 0 Å². The van der Waals surface area contributed by atoms with E-state index in [1.807, 2.05) is 43.3 Å². The highest BCUT2D eigenvalue weighted by Gasteiger charge is 2.34. The molecule has 0 aromatic heterocycles. The molecule has 0 unspecified atom stereocenters. The van der Waals surface area contributed by atoms with Crippen LogP contribution in [0.5, 0.6) is 0 Å². The monoisotopic (exact) mass is 439 g/mol. The van der Waals surface area contributed by atoms with Crippen molar-refractivity contribution < 1.29 is 9.59 Å². The van der Waals surface area contributed by atoms with Gasteiger partial charge < -0.3 is 4.90 Å². The molecule has 2 amide bonds. The molecule has 0 aliphatic carbocycles. The first-order valence-corrected chi connectivity index (χ1v) is 10.8. The molecule has 2 aromatic rings. The maximum atomic E-state index is 13.1. The number of hydrogen-bond donors (Lipinski definition) is 1. The van der Waals surface area contributed by atoms with E-state index in [1.54, 1.807) is 6.08 Å². The lowest BCUT2D eigenvalue weighted by molar-refractivity contribution is -0.122. The molecular formula is C23H22ClN3O2S. The first-order chi connectivity index (χ1) is 14.5. The summed E-state index contributed by atoms with van der Waals surface area (Å²) in [5, 5.41) is 2.73. The minimum absolute atomic E-state index is 0.0705. The van der Waals surface area contributed by atoms with Crippen LogP contribution in [0.4, 0.5) is 11.4 Å². The van der Waals surface area contributed by atoms with E-state index in [4.69, 9.17) is 23.8 Å². The van der Waals surface area contributed by atoms with Crippen LogP contribution in [0.1, 0.15) is 23.1 Å². The maximum Gasteiger partial charge on any atom is 0.270 e. The lowest BCUT2D eigenvalue weighted by Gasteiger charge is -2.29. The number of anilines is 2. The summed E-state index contributed by atoms with van der Waals surface area (Å²) in [6, 6.07) is 13.5. The van der Waals surface area contributed by atoms with Crippen LogP contribution in [-0.2, 0) is 16.0 Å². The number of nitrogens with zero attached hydrogens (tertiary/aromatic N) is 2. The van der Waals surface area contributed by atoms with E-state index in [0.29, 0.717) is 11.6 Å². The van der Waals surface area contributed by atoms with Gasteiger partial charge in [0, 0.05) is 24.7 Å². The Labute approximate surface area is 186 Å². The lowest BCUT2D eigenvalue weighted by Crippen LogP contribution is -2.54. The van der Waals surface area contributed by atoms with Crippen molar-refractivity contribution in [2.45, 2.75) is 19.8 Å². The number of carbonyl (C=O) groups excluding carboxylic acids is 2. The molecule has 5 nitrogen and oxygen atoms in total. The third-order valence-electron chi connectivity index (χ3n) is 5.36. The number of nitrogens with one attached hydrogen (secondary N) is 1. The van der Waals surface area contributed by atoms with Crippen molar-refractivity contribution in [2.24, 2.45) is 0 Å². The molecule has 154 valence electrons. The Kier molecular flexibility index (Phi) is 5.88. The second-order valence-corrected chi connectivity index (χ2v) is 8.23. The zero-order valence-electron chi connectivity index (χ0n) is 16.7. The first kappa shape index (κ1) is 20.6. The summed E-state index contributed by atoms with van der Waals surface area (Å²) < 4.78 is 0. The molecule has 2 aliphatic rings. The summed E-state index contributed by atoms with van der Waals surface area (Å²) in [7, 11) is 0. The highest BCUT2D eigenvalue weighted by molar-refractivity contribution is 7.80. The van der Waals surface area contributed by atoms with E-state index in [0.717, 1.165) is 37.1 Å². The fourth-order valence-electron chi connectivity index (χ4n) is 3.82. The molecule has 2 heterocycles. The Bertz CT molecular complexity index is 1050. The highest BCUT2D eigenvalue weighted by Crippen LogP contribution is 2.30. The minimum Gasteiger partial charge on any atom is -0.371 e. The molecule has 2 aliphatic heterocycles. The minimum atomic E-state index is -0.474. The average molecular weight is 440 g/mol. The van der Waals surface area contributed by atoms with Crippen LogP contribution in [0.2, 0.25) is 0 Å². The molecule has 4 rings (SSSR count). The molecule has 1 saturated heterocycles. The van der Waals surface area contributed by atoms with Gasteiger partial charge in [-0.05, 0) is 73.5 Å². The molecule has 0 bridgehead atoms. The Balaban J connectivity index is 1.62. The highest BCUT2D eigenvalue weighted by atomic mass is 35.5. The van der Waals surface area contributed by atoms with Gasteiger partial charge in [0.05, 0.1) is 5.69 Å². The number of carbonyl (C=O) groups is 2. The van der Waals surface area contributed by atoms with Crippen LogP contribution in [0.25, 0.3) is 6.08 Å². The number of hydrogen-bond acceptors (Lipinski definition) is 4. The van der Waals surface area contributed by atoms with E-state index in [1.165, 1.54) is 16.2 Å². The Morgan fingerprint density at radius 1 is 1.17 bits per heavy atom. The van der Waals surface area contributed by atoms with Gasteiger partial charge in [-0.1, -0.05) is 23.8 Å². The SMILES string of the molecule is Cc1ccc(N2C(=O)/C(=C/c3ccc4c(c3)CCN4CCCCl)C(=O)NC2=S)cc1. The Hall–Kier alpha value is -2.70. The normalized spacial score (nSPS) is 17.5. The van der Waals surface area contributed by atoms with Crippen LogP contribution in [0, 0.1) is 6.92 Å². The third kappa shape index (κ3) is 3.98. The summed E-state index contributed by atoms with van der Waals surface area (Å²) in [6.45, 7) is 3.86. The van der Waals surface area contributed by atoms with Crippen LogP contribution in [0.3, 0.4) is 0 Å². The van der Waals surface area contributed by atoms with Gasteiger partial charge in [0.2, 0.25) is 0 Å². The molecule has 0 saturated carbocycles. The smallest absolute Gasteiger partial charge is 0.270 e. The lowest BCUT2D eigenvalue weighted by atomic mass is 10.0. The van der Waals surface area contributed by atoms with Gasteiger partial charge >= 0.3 is 0 Å². The summed E-state index contributed by atoms with van der Waals surface area (Å²) >= 11 is 11.1. The molecule has 1 fully saturated rings. The largest absolute Gasteiger partial charge is 0.371 e.